The van der Waals surface area contributed by atoms with Crippen molar-refractivity contribution in [2.45, 2.75) is 38.5 Å². The summed E-state index contributed by atoms with van der Waals surface area (Å²) in [6, 6.07) is 7.52. The van der Waals surface area contributed by atoms with Gasteiger partial charge in [0.2, 0.25) is 0 Å². The van der Waals surface area contributed by atoms with E-state index in [1.165, 1.54) is 0 Å². The second-order valence-electron chi connectivity index (χ2n) is 4.85. The van der Waals surface area contributed by atoms with E-state index in [2.05, 4.69) is 0 Å². The van der Waals surface area contributed by atoms with Crippen LogP contribution in [0.4, 0.5) is 0 Å². The second kappa shape index (κ2) is 6.91. The van der Waals surface area contributed by atoms with Gasteiger partial charge in [-0.05, 0) is 38.0 Å². The normalized spacial score (nSPS) is 13.5. The van der Waals surface area contributed by atoms with E-state index in [9.17, 15) is 8.42 Å². The molecule has 1 aromatic rings. The van der Waals surface area contributed by atoms with Crippen LogP contribution in [0, 0.1) is 0 Å². The Labute approximate surface area is 115 Å². The van der Waals surface area contributed by atoms with Crippen molar-refractivity contribution in [1.29, 1.82) is 0 Å². The van der Waals surface area contributed by atoms with Gasteiger partial charge in [-0.25, -0.2) is 8.42 Å². The predicted octanol–water partition coefficient (Wildman–Crippen LogP) is 2.30. The van der Waals surface area contributed by atoms with E-state index < -0.39 is 9.84 Å². The summed E-state index contributed by atoms with van der Waals surface area (Å²) in [6.07, 6.45) is 0.882. The van der Waals surface area contributed by atoms with E-state index in [-0.39, 0.29) is 23.7 Å². The number of sulfone groups is 1. The Morgan fingerprint density at radius 2 is 1.79 bits per heavy atom. The minimum Gasteiger partial charge on any atom is -0.493 e. The van der Waals surface area contributed by atoms with Crippen molar-refractivity contribution >= 4 is 9.84 Å². The van der Waals surface area contributed by atoms with Gasteiger partial charge in [0.15, 0.2) is 9.84 Å². The Bertz CT molecular complexity index is 480. The topological polar surface area (TPSA) is 69.4 Å². The van der Waals surface area contributed by atoms with Crippen molar-refractivity contribution < 1.29 is 13.2 Å². The maximum absolute atomic E-state index is 11.6. The molecule has 0 saturated heterocycles. The monoisotopic (exact) mass is 285 g/mol. The highest BCUT2D eigenvalue weighted by Gasteiger charge is 2.15. The van der Waals surface area contributed by atoms with E-state index in [1.54, 1.807) is 13.8 Å². The molecule has 1 rings (SSSR count). The molecule has 0 fully saturated rings. The minimum atomic E-state index is -3.04. The van der Waals surface area contributed by atoms with E-state index in [1.807, 2.05) is 31.2 Å². The SMILES string of the molecule is CC[C@H](N)c1ccc(OCCS(=O)(=O)C(C)C)cc1. The summed E-state index contributed by atoms with van der Waals surface area (Å²) in [5, 5.41) is -0.360. The standard InChI is InChI=1S/C14H23NO3S/c1-4-14(15)12-5-7-13(8-6-12)18-9-10-19(16,17)11(2)3/h5-8,11,14H,4,9-10,15H2,1-3H3/t14-/m0/s1. The van der Waals surface area contributed by atoms with E-state index >= 15 is 0 Å². The summed E-state index contributed by atoms with van der Waals surface area (Å²) >= 11 is 0. The third-order valence-corrected chi connectivity index (χ3v) is 5.28. The first-order valence-electron chi connectivity index (χ1n) is 6.56. The van der Waals surface area contributed by atoms with Crippen LogP contribution in [0.15, 0.2) is 24.3 Å². The van der Waals surface area contributed by atoms with Crippen LogP contribution in [0.5, 0.6) is 5.75 Å². The van der Waals surface area contributed by atoms with Gasteiger partial charge in [-0.1, -0.05) is 19.1 Å². The lowest BCUT2D eigenvalue weighted by Crippen LogP contribution is -2.22. The lowest BCUT2D eigenvalue weighted by atomic mass is 10.1. The Balaban J connectivity index is 2.51. The fourth-order valence-electron chi connectivity index (χ4n) is 1.56. The van der Waals surface area contributed by atoms with Gasteiger partial charge in [0, 0.05) is 6.04 Å². The molecule has 0 unspecified atom stereocenters. The largest absolute Gasteiger partial charge is 0.493 e. The first kappa shape index (κ1) is 16.0. The highest BCUT2D eigenvalue weighted by molar-refractivity contribution is 7.91. The van der Waals surface area contributed by atoms with Crippen LogP contribution in [0.1, 0.15) is 38.8 Å². The van der Waals surface area contributed by atoms with Gasteiger partial charge < -0.3 is 10.5 Å². The first-order valence-corrected chi connectivity index (χ1v) is 8.28. The molecule has 19 heavy (non-hydrogen) atoms. The molecule has 0 bridgehead atoms. The Kier molecular flexibility index (Phi) is 5.82. The molecule has 0 amide bonds. The van der Waals surface area contributed by atoms with Gasteiger partial charge in [0.1, 0.15) is 12.4 Å². The molecule has 0 spiro atoms. The van der Waals surface area contributed by atoms with Crippen LogP contribution in [0.25, 0.3) is 0 Å². The Hall–Kier alpha value is -1.07. The van der Waals surface area contributed by atoms with E-state index in [0.717, 1.165) is 12.0 Å². The highest BCUT2D eigenvalue weighted by atomic mass is 32.2. The molecule has 5 heteroatoms. The van der Waals surface area contributed by atoms with Crippen molar-refractivity contribution in [3.05, 3.63) is 29.8 Å². The van der Waals surface area contributed by atoms with Crippen molar-refractivity contribution in [1.82, 2.24) is 0 Å². The average Bonchev–Trinajstić information content (AvgIpc) is 2.38. The van der Waals surface area contributed by atoms with Gasteiger partial charge in [-0.2, -0.15) is 0 Å². The maximum Gasteiger partial charge on any atom is 0.155 e. The van der Waals surface area contributed by atoms with Gasteiger partial charge in [0.25, 0.3) is 0 Å². The molecule has 0 aliphatic rings. The second-order valence-corrected chi connectivity index (χ2v) is 7.52. The third-order valence-electron chi connectivity index (χ3n) is 3.10. The molecule has 0 aliphatic heterocycles. The molecule has 1 atom stereocenters. The van der Waals surface area contributed by atoms with Crippen molar-refractivity contribution in [2.24, 2.45) is 5.73 Å². The van der Waals surface area contributed by atoms with E-state index in [0.29, 0.717) is 5.75 Å². The van der Waals surface area contributed by atoms with Crippen molar-refractivity contribution in [3.63, 3.8) is 0 Å². The van der Waals surface area contributed by atoms with Crippen LogP contribution >= 0.6 is 0 Å². The number of ether oxygens (including phenoxy) is 1. The molecule has 0 aliphatic carbocycles. The zero-order valence-corrected chi connectivity index (χ0v) is 12.6. The number of hydrogen-bond donors (Lipinski definition) is 1. The fourth-order valence-corrected chi connectivity index (χ4v) is 2.35. The molecule has 4 nitrogen and oxygen atoms in total. The van der Waals surface area contributed by atoms with Crippen LogP contribution in [-0.2, 0) is 9.84 Å². The molecule has 108 valence electrons. The van der Waals surface area contributed by atoms with Crippen LogP contribution in [0.2, 0.25) is 0 Å². The highest BCUT2D eigenvalue weighted by Crippen LogP contribution is 2.18. The van der Waals surface area contributed by atoms with Gasteiger partial charge in [-0.3, -0.25) is 0 Å². The Morgan fingerprint density at radius 3 is 2.26 bits per heavy atom. The zero-order chi connectivity index (χ0) is 14.5. The number of hydrogen-bond acceptors (Lipinski definition) is 4. The molecule has 0 aromatic heterocycles. The summed E-state index contributed by atoms with van der Waals surface area (Å²) < 4.78 is 28.7. The van der Waals surface area contributed by atoms with Crippen LogP contribution in [0.3, 0.4) is 0 Å². The third kappa shape index (κ3) is 4.84. The van der Waals surface area contributed by atoms with Crippen LogP contribution < -0.4 is 10.5 Å². The van der Waals surface area contributed by atoms with E-state index in [4.69, 9.17) is 10.5 Å². The minimum absolute atomic E-state index is 0.0374. The summed E-state index contributed by atoms with van der Waals surface area (Å²) in [5.41, 5.74) is 6.97. The molecule has 0 saturated carbocycles. The fraction of sp³-hybridized carbons (Fsp3) is 0.571. The number of benzene rings is 1. The summed E-state index contributed by atoms with van der Waals surface area (Å²) in [4.78, 5) is 0. The summed E-state index contributed by atoms with van der Waals surface area (Å²) in [5.74, 6) is 0.715. The van der Waals surface area contributed by atoms with Gasteiger partial charge in [-0.15, -0.1) is 0 Å². The summed E-state index contributed by atoms with van der Waals surface area (Å²) in [6.45, 7) is 5.57. The quantitative estimate of drug-likeness (QED) is 0.834. The smallest absolute Gasteiger partial charge is 0.155 e. The first-order chi connectivity index (χ1) is 8.86. The molecule has 2 N–H and O–H groups in total. The molecular weight excluding hydrogens is 262 g/mol. The maximum atomic E-state index is 11.6. The van der Waals surface area contributed by atoms with Gasteiger partial charge in [0.05, 0.1) is 11.0 Å². The number of rotatable bonds is 7. The molecule has 0 heterocycles. The number of nitrogens with two attached hydrogens (primary N) is 1. The zero-order valence-electron chi connectivity index (χ0n) is 11.8. The molecule has 1 aromatic carbocycles. The average molecular weight is 285 g/mol. The molecular formula is C14H23NO3S. The lowest BCUT2D eigenvalue weighted by molar-refractivity contribution is 0.340. The van der Waals surface area contributed by atoms with Gasteiger partial charge >= 0.3 is 0 Å². The van der Waals surface area contributed by atoms with Crippen molar-refractivity contribution in [3.8, 4) is 5.75 Å². The Morgan fingerprint density at radius 1 is 1.21 bits per heavy atom. The van der Waals surface area contributed by atoms with Crippen molar-refractivity contribution in [2.75, 3.05) is 12.4 Å². The lowest BCUT2D eigenvalue weighted by Gasteiger charge is -2.11. The predicted molar refractivity (Wildman–Crippen MR) is 78.1 cm³/mol. The van der Waals surface area contributed by atoms with Crippen LogP contribution in [-0.4, -0.2) is 26.0 Å². The summed E-state index contributed by atoms with van der Waals surface area (Å²) in [7, 11) is -3.04. The molecule has 0 radical (unpaired) electrons.